The van der Waals surface area contributed by atoms with Gasteiger partial charge in [0, 0.05) is 24.5 Å². The lowest BCUT2D eigenvalue weighted by Gasteiger charge is -2.08. The van der Waals surface area contributed by atoms with Gasteiger partial charge in [-0.3, -0.25) is 4.79 Å². The van der Waals surface area contributed by atoms with Crippen molar-refractivity contribution in [1.82, 2.24) is 4.98 Å². The Labute approximate surface area is 144 Å². The van der Waals surface area contributed by atoms with Crippen LogP contribution in [0.2, 0.25) is 0 Å². The van der Waals surface area contributed by atoms with Crippen molar-refractivity contribution in [3.63, 3.8) is 0 Å². The molecule has 124 valence electrons. The quantitative estimate of drug-likeness (QED) is 0.857. The van der Waals surface area contributed by atoms with Gasteiger partial charge in [-0.25, -0.2) is 4.98 Å². The van der Waals surface area contributed by atoms with E-state index in [0.29, 0.717) is 5.13 Å². The second-order valence-corrected chi connectivity index (χ2v) is 5.87. The number of methoxy groups -OCH3 is 1. The van der Waals surface area contributed by atoms with Gasteiger partial charge in [-0.1, -0.05) is 0 Å². The molecule has 0 radical (unpaired) electrons. The number of nitrogens with one attached hydrogen (secondary N) is 1. The van der Waals surface area contributed by atoms with E-state index in [4.69, 9.17) is 15.2 Å². The molecule has 1 aromatic heterocycles. The normalized spacial score (nSPS) is 13.7. The predicted octanol–water partition coefficient (Wildman–Crippen LogP) is 2.08. The van der Waals surface area contributed by atoms with Crippen LogP contribution in [0.15, 0.2) is 23.6 Å². The van der Waals surface area contributed by atoms with E-state index in [9.17, 15) is 4.79 Å². The van der Waals surface area contributed by atoms with Crippen LogP contribution in [0.5, 0.6) is 5.75 Å². The third-order valence-corrected chi connectivity index (χ3v) is 4.16. The third-order valence-electron chi connectivity index (χ3n) is 3.40. The van der Waals surface area contributed by atoms with Crippen molar-refractivity contribution >= 4 is 34.8 Å². The second kappa shape index (κ2) is 7.74. The molecule has 6 nitrogen and oxygen atoms in total. The van der Waals surface area contributed by atoms with E-state index in [2.05, 4.69) is 16.4 Å². The number of hydrogen-bond donors (Lipinski definition) is 2. The summed E-state index contributed by atoms with van der Waals surface area (Å²) in [5.41, 5.74) is 8.72. The number of ether oxygens (including phenoxy) is 2. The van der Waals surface area contributed by atoms with Crippen molar-refractivity contribution in [2.45, 2.75) is 12.5 Å². The Hall–Kier alpha value is -1.67. The number of amides is 1. The number of nitrogens with two attached hydrogens (primary N) is 1. The highest BCUT2D eigenvalue weighted by Crippen LogP contribution is 2.31. The topological polar surface area (TPSA) is 86.5 Å². The summed E-state index contributed by atoms with van der Waals surface area (Å²) in [6.45, 7) is 0.906. The molecule has 0 saturated heterocycles. The fourth-order valence-corrected chi connectivity index (χ4v) is 2.99. The Morgan fingerprint density at radius 3 is 3.17 bits per heavy atom. The number of hydrogen-bond acceptors (Lipinski definition) is 6. The lowest BCUT2D eigenvalue weighted by molar-refractivity contribution is -0.118. The average molecular weight is 356 g/mol. The minimum atomic E-state index is -0.700. The molecular formula is C15H18ClN3O3S. The van der Waals surface area contributed by atoms with Crippen LogP contribution in [0.4, 0.5) is 5.13 Å². The van der Waals surface area contributed by atoms with Gasteiger partial charge in [-0.2, -0.15) is 0 Å². The van der Waals surface area contributed by atoms with E-state index in [1.54, 1.807) is 0 Å². The van der Waals surface area contributed by atoms with E-state index in [-0.39, 0.29) is 24.9 Å². The monoisotopic (exact) mass is 355 g/mol. The lowest BCUT2D eigenvalue weighted by atomic mass is 10.1. The Morgan fingerprint density at radius 1 is 1.57 bits per heavy atom. The van der Waals surface area contributed by atoms with Crippen molar-refractivity contribution in [3.05, 3.63) is 29.1 Å². The number of halogens is 1. The van der Waals surface area contributed by atoms with Crippen molar-refractivity contribution in [3.8, 4) is 17.0 Å². The molecule has 2 heterocycles. The number of benzene rings is 1. The number of carbonyl (C=O) groups excluding carboxylic acids is 1. The summed E-state index contributed by atoms with van der Waals surface area (Å²) >= 11 is 1.37. The van der Waals surface area contributed by atoms with E-state index >= 15 is 0 Å². The fourth-order valence-electron chi connectivity index (χ4n) is 2.26. The molecule has 0 aliphatic carbocycles. The number of fused-ring (bicyclic) bond motifs is 1. The van der Waals surface area contributed by atoms with E-state index in [0.717, 1.165) is 30.0 Å². The molecule has 1 aliphatic heterocycles. The molecule has 1 unspecified atom stereocenters. The van der Waals surface area contributed by atoms with Crippen LogP contribution in [-0.4, -0.2) is 37.3 Å². The fraction of sp³-hybridized carbons (Fsp3) is 0.333. The highest BCUT2D eigenvalue weighted by atomic mass is 35.5. The van der Waals surface area contributed by atoms with Crippen LogP contribution in [-0.2, 0) is 16.0 Å². The average Bonchev–Trinajstić information content (AvgIpc) is 3.15. The van der Waals surface area contributed by atoms with Crippen LogP contribution < -0.4 is 15.8 Å². The predicted molar refractivity (Wildman–Crippen MR) is 92.5 cm³/mol. The van der Waals surface area contributed by atoms with Gasteiger partial charge < -0.3 is 20.5 Å². The van der Waals surface area contributed by atoms with Crippen LogP contribution in [0, 0.1) is 0 Å². The molecule has 0 saturated carbocycles. The van der Waals surface area contributed by atoms with Crippen molar-refractivity contribution in [2.24, 2.45) is 5.73 Å². The van der Waals surface area contributed by atoms with Gasteiger partial charge in [-0.05, 0) is 23.8 Å². The summed E-state index contributed by atoms with van der Waals surface area (Å²) in [5.74, 6) is 0.642. The number of anilines is 1. The zero-order valence-electron chi connectivity index (χ0n) is 12.6. The minimum Gasteiger partial charge on any atom is -0.493 e. The van der Waals surface area contributed by atoms with Crippen LogP contribution in [0.3, 0.4) is 0 Å². The zero-order valence-corrected chi connectivity index (χ0v) is 14.2. The largest absolute Gasteiger partial charge is 0.493 e. The number of rotatable bonds is 5. The van der Waals surface area contributed by atoms with Gasteiger partial charge in [0.05, 0.1) is 18.9 Å². The maximum absolute atomic E-state index is 11.8. The smallest absolute Gasteiger partial charge is 0.245 e. The summed E-state index contributed by atoms with van der Waals surface area (Å²) in [7, 11) is 1.51. The van der Waals surface area contributed by atoms with E-state index in [1.807, 2.05) is 17.5 Å². The third kappa shape index (κ3) is 4.00. The van der Waals surface area contributed by atoms with E-state index in [1.165, 1.54) is 24.0 Å². The lowest BCUT2D eigenvalue weighted by Crippen LogP contribution is -2.39. The maximum Gasteiger partial charge on any atom is 0.245 e. The van der Waals surface area contributed by atoms with Crippen LogP contribution >= 0.6 is 23.7 Å². The number of carbonyl (C=O) groups is 1. The second-order valence-electron chi connectivity index (χ2n) is 5.01. The minimum absolute atomic E-state index is 0. The Bertz CT molecular complexity index is 692. The Balaban J connectivity index is 0.00000192. The van der Waals surface area contributed by atoms with Crippen molar-refractivity contribution < 1.29 is 14.3 Å². The molecule has 1 aliphatic rings. The first-order valence-electron chi connectivity index (χ1n) is 6.94. The van der Waals surface area contributed by atoms with Crippen LogP contribution in [0.25, 0.3) is 11.3 Å². The Kier molecular flexibility index (Phi) is 5.95. The highest BCUT2D eigenvalue weighted by Gasteiger charge is 2.16. The van der Waals surface area contributed by atoms with Gasteiger partial charge in [0.2, 0.25) is 5.91 Å². The highest BCUT2D eigenvalue weighted by molar-refractivity contribution is 7.14. The molecule has 3 N–H and O–H groups in total. The van der Waals surface area contributed by atoms with Gasteiger partial charge in [0.15, 0.2) is 5.13 Å². The molecule has 23 heavy (non-hydrogen) atoms. The Morgan fingerprint density at radius 2 is 2.39 bits per heavy atom. The molecule has 1 atom stereocenters. The molecule has 2 aromatic rings. The first-order chi connectivity index (χ1) is 10.7. The molecule has 1 aromatic carbocycles. The summed E-state index contributed by atoms with van der Waals surface area (Å²) in [6, 6.07) is 5.32. The summed E-state index contributed by atoms with van der Waals surface area (Å²) in [6.07, 6.45) is 0.919. The molecule has 8 heteroatoms. The van der Waals surface area contributed by atoms with Crippen molar-refractivity contribution in [1.29, 1.82) is 0 Å². The van der Waals surface area contributed by atoms with Gasteiger partial charge in [-0.15, -0.1) is 23.7 Å². The number of thiazole rings is 1. The summed E-state index contributed by atoms with van der Waals surface area (Å²) in [5, 5.41) is 5.15. The van der Waals surface area contributed by atoms with E-state index < -0.39 is 6.04 Å². The molecule has 0 fully saturated rings. The van der Waals surface area contributed by atoms with Gasteiger partial charge in [0.25, 0.3) is 0 Å². The molecule has 3 rings (SSSR count). The SMILES string of the molecule is COCC(N)C(=O)Nc1nc(-c2ccc3c(c2)CCO3)cs1.Cl. The first-order valence-corrected chi connectivity index (χ1v) is 7.82. The maximum atomic E-state index is 11.8. The molecular weight excluding hydrogens is 338 g/mol. The van der Waals surface area contributed by atoms with Gasteiger partial charge >= 0.3 is 0 Å². The standard InChI is InChI=1S/C15H17N3O3S.ClH/c1-20-7-11(16)14(19)18-15-17-12(8-22-15)9-2-3-13-10(6-9)4-5-21-13;/h2-3,6,8,11H,4-5,7,16H2,1H3,(H,17,18,19);1H. The molecule has 0 bridgehead atoms. The summed E-state index contributed by atoms with van der Waals surface area (Å²) in [4.78, 5) is 16.3. The van der Waals surface area contributed by atoms with Gasteiger partial charge in [0.1, 0.15) is 11.8 Å². The molecule has 1 amide bonds. The summed E-state index contributed by atoms with van der Waals surface area (Å²) < 4.78 is 10.4. The first kappa shape index (κ1) is 17.7. The van der Waals surface area contributed by atoms with Crippen molar-refractivity contribution in [2.75, 3.05) is 25.6 Å². The zero-order chi connectivity index (χ0) is 15.5. The van der Waals surface area contributed by atoms with Crippen LogP contribution in [0.1, 0.15) is 5.56 Å². The molecule has 0 spiro atoms. The number of aromatic nitrogens is 1. The number of nitrogens with zero attached hydrogens (tertiary/aromatic N) is 1.